The van der Waals surface area contributed by atoms with Gasteiger partial charge in [0.2, 0.25) is 10.0 Å². The monoisotopic (exact) mass is 201 g/mol. The van der Waals surface area contributed by atoms with Crippen molar-refractivity contribution >= 4 is 10.0 Å². The van der Waals surface area contributed by atoms with Gasteiger partial charge in [-0.15, -0.1) is 12.3 Å². The second-order valence-corrected chi connectivity index (χ2v) is 5.37. The molecular weight excluding hydrogens is 186 g/mol. The van der Waals surface area contributed by atoms with Crippen molar-refractivity contribution in [2.75, 3.05) is 0 Å². The van der Waals surface area contributed by atoms with Gasteiger partial charge in [-0.25, -0.2) is 13.1 Å². The predicted molar refractivity (Wildman–Crippen MR) is 52.6 cm³/mol. The van der Waals surface area contributed by atoms with E-state index in [1.54, 1.807) is 0 Å². The maximum Gasteiger partial charge on any atom is 0.214 e. The van der Waals surface area contributed by atoms with Crippen molar-refractivity contribution in [3.8, 4) is 12.3 Å². The van der Waals surface area contributed by atoms with E-state index in [0.717, 1.165) is 19.3 Å². The van der Waals surface area contributed by atoms with Gasteiger partial charge in [-0.1, -0.05) is 6.92 Å². The fourth-order valence-corrected chi connectivity index (χ4v) is 2.78. The summed E-state index contributed by atoms with van der Waals surface area (Å²) < 4.78 is 25.6. The lowest BCUT2D eigenvalue weighted by Gasteiger charge is -2.13. The third kappa shape index (κ3) is 3.02. The standard InChI is InChI=1S/C9H15NO2S/c1-3-5-8(4-2)10-13(11,12)9-6-7-9/h1,8-10H,4-7H2,2H3. The zero-order valence-electron chi connectivity index (χ0n) is 7.79. The average molecular weight is 201 g/mol. The molecule has 3 nitrogen and oxygen atoms in total. The van der Waals surface area contributed by atoms with Crippen LogP contribution in [0.15, 0.2) is 0 Å². The minimum absolute atomic E-state index is 0.0874. The van der Waals surface area contributed by atoms with Crippen LogP contribution in [-0.2, 0) is 10.0 Å². The summed E-state index contributed by atoms with van der Waals surface area (Å²) in [5, 5.41) is -0.153. The average Bonchev–Trinajstić information content (AvgIpc) is 2.85. The normalized spacial score (nSPS) is 19.4. The van der Waals surface area contributed by atoms with Crippen LogP contribution in [-0.4, -0.2) is 19.7 Å². The van der Waals surface area contributed by atoms with Gasteiger partial charge in [0.1, 0.15) is 0 Å². The Bertz CT molecular complexity index is 298. The molecule has 0 aromatic heterocycles. The molecule has 1 fully saturated rings. The van der Waals surface area contributed by atoms with Gasteiger partial charge < -0.3 is 0 Å². The Hall–Kier alpha value is -0.530. The number of nitrogens with one attached hydrogen (secondary N) is 1. The van der Waals surface area contributed by atoms with E-state index in [1.807, 2.05) is 6.92 Å². The Kier molecular flexibility index (Phi) is 3.34. The Morgan fingerprint density at radius 1 is 1.62 bits per heavy atom. The molecule has 74 valence electrons. The Labute approximate surface area is 80.0 Å². The van der Waals surface area contributed by atoms with Crippen LogP contribution in [0.2, 0.25) is 0 Å². The molecule has 1 atom stereocenters. The second-order valence-electron chi connectivity index (χ2n) is 3.38. The number of hydrogen-bond donors (Lipinski definition) is 1. The van der Waals surface area contributed by atoms with Crippen LogP contribution in [0.1, 0.15) is 32.6 Å². The molecule has 0 heterocycles. The van der Waals surface area contributed by atoms with Gasteiger partial charge in [-0.3, -0.25) is 0 Å². The van der Waals surface area contributed by atoms with E-state index >= 15 is 0 Å². The van der Waals surface area contributed by atoms with Crippen molar-refractivity contribution in [2.45, 2.75) is 43.9 Å². The third-order valence-corrected chi connectivity index (χ3v) is 4.16. The number of hydrogen-bond acceptors (Lipinski definition) is 2. The highest BCUT2D eigenvalue weighted by Gasteiger charge is 2.36. The SMILES string of the molecule is C#CCC(CC)NS(=O)(=O)C1CC1. The highest BCUT2D eigenvalue weighted by atomic mass is 32.2. The smallest absolute Gasteiger partial charge is 0.212 e. The van der Waals surface area contributed by atoms with E-state index < -0.39 is 10.0 Å². The summed E-state index contributed by atoms with van der Waals surface area (Å²) in [7, 11) is -3.07. The minimum Gasteiger partial charge on any atom is -0.212 e. The molecule has 1 aliphatic carbocycles. The first-order valence-corrected chi connectivity index (χ1v) is 6.09. The summed E-state index contributed by atoms with van der Waals surface area (Å²) in [5.74, 6) is 2.47. The molecule has 1 saturated carbocycles. The van der Waals surface area contributed by atoms with Crippen LogP contribution >= 0.6 is 0 Å². The molecule has 1 N–H and O–H groups in total. The summed E-state index contributed by atoms with van der Waals surface area (Å²) in [5.41, 5.74) is 0. The van der Waals surface area contributed by atoms with Crippen molar-refractivity contribution < 1.29 is 8.42 Å². The number of rotatable bonds is 5. The first-order chi connectivity index (χ1) is 6.10. The number of terminal acetylenes is 1. The zero-order valence-corrected chi connectivity index (χ0v) is 8.60. The molecule has 0 saturated heterocycles. The third-order valence-electron chi connectivity index (χ3n) is 2.15. The summed E-state index contributed by atoms with van der Waals surface area (Å²) in [4.78, 5) is 0. The van der Waals surface area contributed by atoms with Gasteiger partial charge in [0.05, 0.1) is 5.25 Å². The molecule has 1 rings (SSSR count). The molecule has 0 aromatic carbocycles. The van der Waals surface area contributed by atoms with Gasteiger partial charge in [0.15, 0.2) is 0 Å². The molecule has 0 aliphatic heterocycles. The Morgan fingerprint density at radius 2 is 2.23 bits per heavy atom. The predicted octanol–water partition coefficient (Wildman–Crippen LogP) is 0.870. The van der Waals surface area contributed by atoms with E-state index in [1.165, 1.54) is 0 Å². The van der Waals surface area contributed by atoms with E-state index in [2.05, 4.69) is 10.6 Å². The molecular formula is C9H15NO2S. The highest BCUT2D eigenvalue weighted by Crippen LogP contribution is 2.27. The topological polar surface area (TPSA) is 46.2 Å². The van der Waals surface area contributed by atoms with Crippen LogP contribution in [0.25, 0.3) is 0 Å². The first kappa shape index (κ1) is 10.6. The van der Waals surface area contributed by atoms with Crippen molar-refractivity contribution in [3.05, 3.63) is 0 Å². The molecule has 0 spiro atoms. The first-order valence-electron chi connectivity index (χ1n) is 4.54. The van der Waals surface area contributed by atoms with Crippen LogP contribution in [0, 0.1) is 12.3 Å². The van der Waals surface area contributed by atoms with Gasteiger partial charge in [-0.05, 0) is 19.3 Å². The maximum absolute atomic E-state index is 11.5. The van der Waals surface area contributed by atoms with Crippen molar-refractivity contribution in [2.24, 2.45) is 0 Å². The Balaban J connectivity index is 2.50. The zero-order chi connectivity index (χ0) is 9.90. The number of sulfonamides is 1. The van der Waals surface area contributed by atoms with E-state index in [4.69, 9.17) is 6.42 Å². The second kappa shape index (κ2) is 4.12. The Morgan fingerprint density at radius 3 is 2.62 bits per heavy atom. The lowest BCUT2D eigenvalue weighted by atomic mass is 10.2. The maximum atomic E-state index is 11.5. The fraction of sp³-hybridized carbons (Fsp3) is 0.778. The largest absolute Gasteiger partial charge is 0.214 e. The van der Waals surface area contributed by atoms with E-state index in [0.29, 0.717) is 6.42 Å². The van der Waals surface area contributed by atoms with Gasteiger partial charge in [0.25, 0.3) is 0 Å². The van der Waals surface area contributed by atoms with E-state index in [9.17, 15) is 8.42 Å². The van der Waals surface area contributed by atoms with Crippen LogP contribution in [0.5, 0.6) is 0 Å². The van der Waals surface area contributed by atoms with Crippen molar-refractivity contribution in [1.82, 2.24) is 4.72 Å². The molecule has 0 aromatic rings. The molecule has 4 heteroatoms. The summed E-state index contributed by atoms with van der Waals surface area (Å²) in [6.45, 7) is 1.93. The summed E-state index contributed by atoms with van der Waals surface area (Å²) in [6, 6.07) is -0.0874. The van der Waals surface area contributed by atoms with Crippen LogP contribution in [0.3, 0.4) is 0 Å². The fourth-order valence-electron chi connectivity index (χ4n) is 1.12. The lowest BCUT2D eigenvalue weighted by Crippen LogP contribution is -2.36. The van der Waals surface area contributed by atoms with Crippen molar-refractivity contribution in [3.63, 3.8) is 0 Å². The summed E-state index contributed by atoms with van der Waals surface area (Å²) in [6.07, 6.45) is 7.94. The molecule has 1 unspecified atom stereocenters. The van der Waals surface area contributed by atoms with Crippen LogP contribution < -0.4 is 4.72 Å². The molecule has 0 radical (unpaired) electrons. The van der Waals surface area contributed by atoms with E-state index in [-0.39, 0.29) is 11.3 Å². The molecule has 1 aliphatic rings. The molecule has 0 bridgehead atoms. The quantitative estimate of drug-likeness (QED) is 0.671. The minimum atomic E-state index is -3.07. The van der Waals surface area contributed by atoms with Gasteiger partial charge in [0, 0.05) is 12.5 Å². The molecule has 13 heavy (non-hydrogen) atoms. The summed E-state index contributed by atoms with van der Waals surface area (Å²) >= 11 is 0. The lowest BCUT2D eigenvalue weighted by molar-refractivity contribution is 0.543. The highest BCUT2D eigenvalue weighted by molar-refractivity contribution is 7.90. The molecule has 0 amide bonds. The van der Waals surface area contributed by atoms with Gasteiger partial charge in [-0.2, -0.15) is 0 Å². The van der Waals surface area contributed by atoms with Crippen molar-refractivity contribution in [1.29, 1.82) is 0 Å². The van der Waals surface area contributed by atoms with Crippen LogP contribution in [0.4, 0.5) is 0 Å². The van der Waals surface area contributed by atoms with Gasteiger partial charge >= 0.3 is 0 Å².